The Labute approximate surface area is 163 Å². The predicted molar refractivity (Wildman–Crippen MR) is 107 cm³/mol. The highest BCUT2D eigenvalue weighted by Gasteiger charge is 2.12. The Morgan fingerprint density at radius 1 is 1.33 bits per heavy atom. The Kier molecular flexibility index (Phi) is 7.92. The minimum absolute atomic E-state index is 0.00269. The molecule has 142 valence electrons. The average Bonchev–Trinajstić information content (AvgIpc) is 3.11. The van der Waals surface area contributed by atoms with Crippen molar-refractivity contribution in [1.29, 1.82) is 5.26 Å². The third kappa shape index (κ3) is 6.81. The molecule has 8 heteroatoms. The number of hydrogen-bond donors (Lipinski definition) is 1. The third-order valence-corrected chi connectivity index (χ3v) is 4.55. The van der Waals surface area contributed by atoms with E-state index in [1.165, 1.54) is 17.4 Å². The van der Waals surface area contributed by atoms with Gasteiger partial charge in [-0.25, -0.2) is 0 Å². The molecule has 1 aromatic carbocycles. The van der Waals surface area contributed by atoms with Crippen LogP contribution in [0.25, 0.3) is 6.08 Å². The summed E-state index contributed by atoms with van der Waals surface area (Å²) in [5, 5.41) is 20.9. The highest BCUT2D eigenvalue weighted by atomic mass is 32.1. The van der Waals surface area contributed by atoms with E-state index in [9.17, 15) is 10.1 Å². The van der Waals surface area contributed by atoms with E-state index in [1.807, 2.05) is 51.4 Å². The van der Waals surface area contributed by atoms with Crippen molar-refractivity contribution < 1.29 is 9.53 Å². The molecule has 0 atom stereocenters. The molecule has 0 spiro atoms. The number of aromatic nitrogens is 2. The maximum atomic E-state index is 12.3. The zero-order valence-electron chi connectivity index (χ0n) is 15.7. The second-order valence-corrected chi connectivity index (χ2v) is 7.11. The Balaban J connectivity index is 1.95. The second-order valence-electron chi connectivity index (χ2n) is 6.05. The molecule has 0 unspecified atom stereocenters. The van der Waals surface area contributed by atoms with E-state index in [0.717, 1.165) is 35.7 Å². The number of nitrogens with one attached hydrogen (secondary N) is 1. The number of benzene rings is 1. The topological polar surface area (TPSA) is 91.1 Å². The van der Waals surface area contributed by atoms with Gasteiger partial charge in [-0.05, 0) is 50.7 Å². The molecule has 7 nitrogen and oxygen atoms in total. The van der Waals surface area contributed by atoms with Gasteiger partial charge in [0.25, 0.3) is 5.91 Å². The van der Waals surface area contributed by atoms with Crippen molar-refractivity contribution in [3.05, 3.63) is 40.4 Å². The summed E-state index contributed by atoms with van der Waals surface area (Å²) in [5.41, 5.74) is 0.747. The molecule has 0 aliphatic heterocycles. The van der Waals surface area contributed by atoms with Crippen molar-refractivity contribution in [3.63, 3.8) is 0 Å². The van der Waals surface area contributed by atoms with Crippen LogP contribution in [0.15, 0.2) is 29.8 Å². The summed E-state index contributed by atoms with van der Waals surface area (Å²) < 4.78 is 5.68. The summed E-state index contributed by atoms with van der Waals surface area (Å²) in [5.74, 6) is 0.259. The maximum Gasteiger partial charge on any atom is 0.268 e. The van der Waals surface area contributed by atoms with E-state index in [4.69, 9.17) is 4.74 Å². The summed E-state index contributed by atoms with van der Waals surface area (Å²) in [7, 11) is 4.05. The van der Waals surface area contributed by atoms with Crippen molar-refractivity contribution in [1.82, 2.24) is 15.1 Å². The van der Waals surface area contributed by atoms with Gasteiger partial charge in [0.15, 0.2) is 0 Å². The predicted octanol–water partition coefficient (Wildman–Crippen LogP) is 2.98. The van der Waals surface area contributed by atoms with Crippen LogP contribution in [-0.4, -0.2) is 48.3 Å². The number of nitriles is 1. The summed E-state index contributed by atoms with van der Waals surface area (Å²) in [4.78, 5) is 14.4. The fraction of sp³-hybridized carbons (Fsp3) is 0.368. The first-order valence-electron chi connectivity index (χ1n) is 8.65. The molecule has 0 saturated heterocycles. The van der Waals surface area contributed by atoms with Crippen molar-refractivity contribution in [2.45, 2.75) is 19.8 Å². The zero-order valence-corrected chi connectivity index (χ0v) is 16.5. The Bertz CT molecular complexity index is 821. The molecule has 1 amide bonds. The van der Waals surface area contributed by atoms with Crippen molar-refractivity contribution >= 4 is 28.5 Å². The van der Waals surface area contributed by atoms with Gasteiger partial charge in [0.05, 0.1) is 6.61 Å². The molecule has 1 N–H and O–H groups in total. The maximum absolute atomic E-state index is 12.3. The lowest BCUT2D eigenvalue weighted by Crippen LogP contribution is -2.15. The molecular formula is C19H23N5O2S. The fourth-order valence-corrected chi connectivity index (χ4v) is 2.83. The molecule has 0 aliphatic rings. The molecule has 2 rings (SSSR count). The first kappa shape index (κ1) is 20.6. The summed E-state index contributed by atoms with van der Waals surface area (Å²) in [6, 6.07) is 9.20. The van der Waals surface area contributed by atoms with Crippen LogP contribution in [-0.2, 0) is 11.2 Å². The van der Waals surface area contributed by atoms with E-state index < -0.39 is 5.91 Å². The fourth-order valence-electron chi connectivity index (χ4n) is 2.16. The van der Waals surface area contributed by atoms with Crippen LogP contribution >= 0.6 is 11.3 Å². The Hall–Kier alpha value is -2.76. The molecule has 0 fully saturated rings. The number of anilines is 1. The zero-order chi connectivity index (χ0) is 19.6. The van der Waals surface area contributed by atoms with Gasteiger partial charge in [-0.3, -0.25) is 10.1 Å². The van der Waals surface area contributed by atoms with Crippen LogP contribution in [0.5, 0.6) is 5.75 Å². The third-order valence-electron chi connectivity index (χ3n) is 3.56. The lowest BCUT2D eigenvalue weighted by Gasteiger charge is -2.10. The number of ether oxygens (including phenoxy) is 1. The minimum atomic E-state index is -0.500. The molecule has 0 aliphatic carbocycles. The standard InChI is InChI=1S/C19H23N5O2S/c1-4-17-22-23-19(27-17)21-18(25)15(13-20)12-14-6-8-16(9-7-14)26-11-5-10-24(2)3/h6-9,12H,4-5,10-11H2,1-3H3,(H,21,23,25)/b15-12+. The molecular weight excluding hydrogens is 362 g/mol. The van der Waals surface area contributed by atoms with Gasteiger partial charge in [-0.15, -0.1) is 10.2 Å². The van der Waals surface area contributed by atoms with E-state index in [-0.39, 0.29) is 5.57 Å². The van der Waals surface area contributed by atoms with Gasteiger partial charge in [0, 0.05) is 6.54 Å². The lowest BCUT2D eigenvalue weighted by molar-refractivity contribution is -0.112. The van der Waals surface area contributed by atoms with Crippen LogP contribution in [0.4, 0.5) is 5.13 Å². The van der Waals surface area contributed by atoms with Crippen LogP contribution in [0.1, 0.15) is 23.9 Å². The highest BCUT2D eigenvalue weighted by molar-refractivity contribution is 7.15. The number of carbonyl (C=O) groups excluding carboxylic acids is 1. The number of rotatable bonds is 9. The quantitative estimate of drug-likeness (QED) is 0.405. The van der Waals surface area contributed by atoms with Crippen molar-refractivity contribution in [3.8, 4) is 11.8 Å². The monoisotopic (exact) mass is 385 g/mol. The molecule has 1 aromatic heterocycles. The first-order valence-corrected chi connectivity index (χ1v) is 9.46. The van der Waals surface area contributed by atoms with E-state index in [0.29, 0.717) is 11.7 Å². The Morgan fingerprint density at radius 2 is 2.07 bits per heavy atom. The van der Waals surface area contributed by atoms with Gasteiger partial charge in [0.2, 0.25) is 5.13 Å². The van der Waals surface area contributed by atoms with Gasteiger partial charge in [0.1, 0.15) is 22.4 Å². The van der Waals surface area contributed by atoms with Gasteiger partial charge >= 0.3 is 0 Å². The number of aryl methyl sites for hydroxylation is 1. The van der Waals surface area contributed by atoms with Crippen molar-refractivity contribution in [2.24, 2.45) is 0 Å². The normalized spacial score (nSPS) is 11.3. The van der Waals surface area contributed by atoms with E-state index in [2.05, 4.69) is 20.4 Å². The van der Waals surface area contributed by atoms with Crippen LogP contribution < -0.4 is 10.1 Å². The van der Waals surface area contributed by atoms with Crippen LogP contribution in [0.2, 0.25) is 0 Å². The minimum Gasteiger partial charge on any atom is -0.494 e. The number of amides is 1. The van der Waals surface area contributed by atoms with Gasteiger partial charge in [-0.1, -0.05) is 30.4 Å². The van der Waals surface area contributed by atoms with Gasteiger partial charge < -0.3 is 9.64 Å². The molecule has 1 heterocycles. The van der Waals surface area contributed by atoms with E-state index in [1.54, 1.807) is 0 Å². The second kappa shape index (κ2) is 10.4. The molecule has 2 aromatic rings. The molecule has 0 bridgehead atoms. The first-order chi connectivity index (χ1) is 13.0. The van der Waals surface area contributed by atoms with Gasteiger partial charge in [-0.2, -0.15) is 5.26 Å². The molecule has 27 heavy (non-hydrogen) atoms. The van der Waals surface area contributed by atoms with E-state index >= 15 is 0 Å². The SMILES string of the molecule is CCc1nnc(NC(=O)/C(C#N)=C/c2ccc(OCCCN(C)C)cc2)s1. The van der Waals surface area contributed by atoms with Crippen LogP contribution in [0, 0.1) is 11.3 Å². The average molecular weight is 385 g/mol. The number of nitrogens with zero attached hydrogens (tertiary/aromatic N) is 4. The summed E-state index contributed by atoms with van der Waals surface area (Å²) >= 11 is 1.30. The number of hydrogen-bond acceptors (Lipinski definition) is 7. The highest BCUT2D eigenvalue weighted by Crippen LogP contribution is 2.18. The summed E-state index contributed by atoms with van der Waals surface area (Å²) in [6.07, 6.45) is 3.23. The molecule has 0 radical (unpaired) electrons. The van der Waals surface area contributed by atoms with Crippen molar-refractivity contribution in [2.75, 3.05) is 32.6 Å². The number of carbonyl (C=O) groups is 1. The Morgan fingerprint density at radius 3 is 2.67 bits per heavy atom. The lowest BCUT2D eigenvalue weighted by atomic mass is 10.1. The van der Waals surface area contributed by atoms with Crippen LogP contribution in [0.3, 0.4) is 0 Å². The smallest absolute Gasteiger partial charge is 0.268 e. The summed E-state index contributed by atoms with van der Waals surface area (Å²) in [6.45, 7) is 3.57. The molecule has 0 saturated carbocycles. The largest absolute Gasteiger partial charge is 0.494 e.